The van der Waals surface area contributed by atoms with Crippen molar-refractivity contribution in [2.75, 3.05) is 26.0 Å². The van der Waals surface area contributed by atoms with E-state index in [-0.39, 0.29) is 5.76 Å². The number of hydrogen-bond donors (Lipinski definition) is 2. The van der Waals surface area contributed by atoms with Crippen molar-refractivity contribution < 1.29 is 4.42 Å². The minimum Gasteiger partial charge on any atom is -0.408 e. The summed E-state index contributed by atoms with van der Waals surface area (Å²) < 4.78 is 7.02. The summed E-state index contributed by atoms with van der Waals surface area (Å²) in [7, 11) is 3.97. The number of hydrogen-bond acceptors (Lipinski definition) is 5. The molecule has 2 heterocycles. The van der Waals surface area contributed by atoms with Crippen molar-refractivity contribution in [3.8, 4) is 0 Å². The van der Waals surface area contributed by atoms with Crippen LogP contribution in [0.1, 0.15) is 5.56 Å². The van der Waals surface area contributed by atoms with Crippen LogP contribution in [-0.4, -0.2) is 40.3 Å². The molecule has 0 amide bonds. The van der Waals surface area contributed by atoms with Gasteiger partial charge in [0.2, 0.25) is 0 Å². The normalized spacial score (nSPS) is 11.7. The third-order valence-electron chi connectivity index (χ3n) is 4.44. The molecular formula is C19H21N5O2. The highest BCUT2D eigenvalue weighted by Gasteiger charge is 2.10. The zero-order chi connectivity index (χ0) is 18.1. The second kappa shape index (κ2) is 6.68. The molecule has 4 rings (SSSR count). The smallest absolute Gasteiger partial charge is 0.408 e. The molecule has 0 atom stereocenters. The van der Waals surface area contributed by atoms with Crippen LogP contribution in [0.25, 0.3) is 22.0 Å². The fourth-order valence-electron chi connectivity index (χ4n) is 2.98. The zero-order valence-corrected chi connectivity index (χ0v) is 14.8. The average molecular weight is 351 g/mol. The number of likely N-dealkylation sites (N-methyl/N-ethyl adjacent to an activating group) is 1. The molecule has 0 saturated carbocycles. The Morgan fingerprint density at radius 1 is 1.23 bits per heavy atom. The Morgan fingerprint density at radius 2 is 2.12 bits per heavy atom. The van der Waals surface area contributed by atoms with E-state index in [1.165, 1.54) is 0 Å². The number of rotatable bonds is 6. The molecule has 7 heteroatoms. The number of anilines is 1. The first-order chi connectivity index (χ1) is 12.6. The summed E-state index contributed by atoms with van der Waals surface area (Å²) in [5, 5.41) is 11.5. The maximum atomic E-state index is 12.1. The molecule has 0 radical (unpaired) electrons. The van der Waals surface area contributed by atoms with Crippen molar-refractivity contribution in [2.24, 2.45) is 0 Å². The van der Waals surface area contributed by atoms with Crippen LogP contribution in [0, 0.1) is 0 Å². The van der Waals surface area contributed by atoms with Gasteiger partial charge < -0.3 is 14.6 Å². The van der Waals surface area contributed by atoms with Gasteiger partial charge in [-0.25, -0.2) is 4.79 Å². The second-order valence-corrected chi connectivity index (χ2v) is 6.65. The number of H-pyrrole nitrogens is 1. The van der Waals surface area contributed by atoms with Gasteiger partial charge in [0.25, 0.3) is 0 Å². The fraction of sp³-hybridized carbons (Fsp3) is 0.263. The van der Waals surface area contributed by atoms with Crippen LogP contribution in [0.2, 0.25) is 0 Å². The van der Waals surface area contributed by atoms with Gasteiger partial charge in [-0.3, -0.25) is 9.67 Å². The van der Waals surface area contributed by atoms with Gasteiger partial charge in [0, 0.05) is 30.7 Å². The molecule has 0 saturated heterocycles. The zero-order valence-electron chi connectivity index (χ0n) is 14.8. The Kier molecular flexibility index (Phi) is 4.22. The van der Waals surface area contributed by atoms with Crippen LogP contribution in [0.4, 0.5) is 5.69 Å². The van der Waals surface area contributed by atoms with Gasteiger partial charge in [0.1, 0.15) is 0 Å². The van der Waals surface area contributed by atoms with Crippen LogP contribution in [0.5, 0.6) is 0 Å². The van der Waals surface area contributed by atoms with E-state index < -0.39 is 0 Å². The van der Waals surface area contributed by atoms with Gasteiger partial charge >= 0.3 is 5.76 Å². The highest BCUT2D eigenvalue weighted by atomic mass is 16.4. The largest absolute Gasteiger partial charge is 0.419 e. The molecule has 0 aliphatic heterocycles. The quantitative estimate of drug-likeness (QED) is 0.558. The lowest BCUT2D eigenvalue weighted by molar-refractivity contribution is 0.374. The molecule has 4 aromatic rings. The van der Waals surface area contributed by atoms with Gasteiger partial charge in [-0.15, -0.1) is 0 Å². The van der Waals surface area contributed by atoms with Gasteiger partial charge in [-0.05, 0) is 43.9 Å². The first kappa shape index (κ1) is 16.4. The van der Waals surface area contributed by atoms with Crippen molar-refractivity contribution >= 4 is 27.7 Å². The number of benzene rings is 2. The van der Waals surface area contributed by atoms with Crippen LogP contribution in [0.3, 0.4) is 0 Å². The summed E-state index contributed by atoms with van der Waals surface area (Å²) >= 11 is 0. The van der Waals surface area contributed by atoms with Crippen LogP contribution < -0.4 is 11.1 Å². The standard InChI is InChI=1S/C19H21N5O2/c1-23(2)7-8-24-17-10-15(5-6-18(17)26-19(24)25)20-11-13-3-4-14-12-21-22-16(14)9-13/h3-6,9-10,12,20H,7-8,11H2,1-2H3,(H,21,22). The van der Waals surface area contributed by atoms with Gasteiger partial charge in [0.15, 0.2) is 5.58 Å². The lowest BCUT2D eigenvalue weighted by Gasteiger charge is -2.10. The topological polar surface area (TPSA) is 79.1 Å². The fourth-order valence-corrected chi connectivity index (χ4v) is 2.98. The number of nitrogens with one attached hydrogen (secondary N) is 2. The molecular weight excluding hydrogens is 330 g/mol. The average Bonchev–Trinajstić information content (AvgIpc) is 3.20. The van der Waals surface area contributed by atoms with E-state index in [2.05, 4.69) is 27.6 Å². The predicted octanol–water partition coefficient (Wildman–Crippen LogP) is 2.64. The third kappa shape index (κ3) is 3.21. The molecule has 2 aromatic heterocycles. The summed E-state index contributed by atoms with van der Waals surface area (Å²) in [6, 6.07) is 11.9. The third-order valence-corrected chi connectivity index (χ3v) is 4.44. The minimum absolute atomic E-state index is 0.316. The highest BCUT2D eigenvalue weighted by molar-refractivity contribution is 5.79. The Balaban J connectivity index is 1.56. The first-order valence-corrected chi connectivity index (χ1v) is 8.54. The number of aromatic amines is 1. The van der Waals surface area contributed by atoms with Crippen molar-refractivity contribution in [1.82, 2.24) is 19.7 Å². The van der Waals surface area contributed by atoms with E-state index in [0.29, 0.717) is 18.7 Å². The summed E-state index contributed by atoms with van der Waals surface area (Å²) in [6.07, 6.45) is 1.81. The van der Waals surface area contributed by atoms with E-state index >= 15 is 0 Å². The van der Waals surface area contributed by atoms with Gasteiger partial charge in [-0.1, -0.05) is 12.1 Å². The molecule has 0 bridgehead atoms. The van der Waals surface area contributed by atoms with E-state index in [1.54, 1.807) is 4.57 Å². The lowest BCUT2D eigenvalue weighted by atomic mass is 10.1. The molecule has 0 unspecified atom stereocenters. The van der Waals surface area contributed by atoms with Gasteiger partial charge in [-0.2, -0.15) is 5.10 Å². The predicted molar refractivity (Wildman–Crippen MR) is 102 cm³/mol. The van der Waals surface area contributed by atoms with Crippen molar-refractivity contribution in [1.29, 1.82) is 0 Å². The molecule has 7 nitrogen and oxygen atoms in total. The SMILES string of the molecule is CN(C)CCn1c(=O)oc2ccc(NCc3ccc4cn[nH]c4c3)cc21. The van der Waals surface area contributed by atoms with Gasteiger partial charge in [0.05, 0.1) is 17.2 Å². The lowest BCUT2D eigenvalue weighted by Crippen LogP contribution is -2.23. The molecule has 134 valence electrons. The second-order valence-electron chi connectivity index (χ2n) is 6.65. The van der Waals surface area contributed by atoms with E-state index in [9.17, 15) is 4.79 Å². The maximum Gasteiger partial charge on any atom is 0.419 e. The van der Waals surface area contributed by atoms with Crippen molar-refractivity contribution in [3.63, 3.8) is 0 Å². The molecule has 2 aromatic carbocycles. The van der Waals surface area contributed by atoms with E-state index in [4.69, 9.17) is 4.42 Å². The number of nitrogens with zero attached hydrogens (tertiary/aromatic N) is 3. The number of fused-ring (bicyclic) bond motifs is 2. The molecule has 0 aliphatic carbocycles. The van der Waals surface area contributed by atoms with E-state index in [1.807, 2.05) is 49.5 Å². The maximum absolute atomic E-state index is 12.1. The molecule has 0 spiro atoms. The van der Waals surface area contributed by atoms with Crippen molar-refractivity contribution in [3.05, 3.63) is 58.7 Å². The monoisotopic (exact) mass is 351 g/mol. The summed E-state index contributed by atoms with van der Waals surface area (Å²) in [4.78, 5) is 14.1. The summed E-state index contributed by atoms with van der Waals surface area (Å²) in [5.74, 6) is -0.316. The van der Waals surface area contributed by atoms with Crippen LogP contribution >= 0.6 is 0 Å². The first-order valence-electron chi connectivity index (χ1n) is 8.54. The Labute approximate surface area is 150 Å². The van der Waals surface area contributed by atoms with Crippen molar-refractivity contribution in [2.45, 2.75) is 13.1 Å². The summed E-state index contributed by atoms with van der Waals surface area (Å²) in [5.41, 5.74) is 4.54. The van der Waals surface area contributed by atoms with Crippen LogP contribution in [-0.2, 0) is 13.1 Å². The highest BCUT2D eigenvalue weighted by Crippen LogP contribution is 2.20. The number of aromatic nitrogens is 3. The minimum atomic E-state index is -0.316. The van der Waals surface area contributed by atoms with Crippen LogP contribution in [0.15, 0.2) is 51.8 Å². The van der Waals surface area contributed by atoms with E-state index in [0.717, 1.165) is 34.2 Å². The molecule has 0 aliphatic rings. The Bertz CT molecular complexity index is 1110. The molecule has 0 fully saturated rings. The Morgan fingerprint density at radius 3 is 2.96 bits per heavy atom. The molecule has 2 N–H and O–H groups in total. The summed E-state index contributed by atoms with van der Waals surface area (Å²) in [6.45, 7) is 2.05. The molecule has 26 heavy (non-hydrogen) atoms. The number of oxazole rings is 1. The Hall–Kier alpha value is -3.06.